The molecule has 2 aromatic heterocycles. The SMILES string of the molecule is CNC1CCCCC1Nc1nc(-c2cnc(NC(=O)OC(C)(C)C)s2)c2c(c1F)CN(Cc1ccc(OC)cc1OC)C2=O. The number of anilines is 2. The van der Waals surface area contributed by atoms with Crippen molar-refractivity contribution in [1.29, 1.82) is 0 Å². The van der Waals surface area contributed by atoms with Gasteiger partial charge in [0.2, 0.25) is 0 Å². The second kappa shape index (κ2) is 12.9. The lowest BCUT2D eigenvalue weighted by molar-refractivity contribution is 0.0635. The number of fused-ring (bicyclic) bond motifs is 1. The topological polar surface area (TPSA) is 127 Å². The molecule has 3 aromatic rings. The van der Waals surface area contributed by atoms with Crippen molar-refractivity contribution < 1.29 is 28.2 Å². The fourth-order valence-corrected chi connectivity index (χ4v) is 6.46. The van der Waals surface area contributed by atoms with Crippen LogP contribution in [0.25, 0.3) is 10.6 Å². The molecule has 0 saturated heterocycles. The Bertz CT molecular complexity index is 1540. The first kappa shape index (κ1) is 31.5. The van der Waals surface area contributed by atoms with Crippen molar-refractivity contribution in [3.8, 4) is 22.1 Å². The molecule has 2 unspecified atom stereocenters. The number of ether oxygens (including phenoxy) is 3. The number of pyridine rings is 1. The largest absolute Gasteiger partial charge is 0.497 e. The van der Waals surface area contributed by atoms with Gasteiger partial charge in [-0.15, -0.1) is 0 Å². The smallest absolute Gasteiger partial charge is 0.413 e. The van der Waals surface area contributed by atoms with Crippen molar-refractivity contribution in [2.45, 2.75) is 77.2 Å². The molecule has 1 aromatic carbocycles. The van der Waals surface area contributed by atoms with Crippen molar-refractivity contribution in [3.63, 3.8) is 0 Å². The summed E-state index contributed by atoms with van der Waals surface area (Å²) in [6, 6.07) is 5.51. The molecule has 0 spiro atoms. The normalized spacial score (nSPS) is 18.2. The first-order valence-electron chi connectivity index (χ1n) is 14.6. The molecule has 2 amide bonds. The van der Waals surface area contributed by atoms with Gasteiger partial charge in [-0.2, -0.15) is 0 Å². The van der Waals surface area contributed by atoms with Gasteiger partial charge < -0.3 is 29.7 Å². The van der Waals surface area contributed by atoms with E-state index in [4.69, 9.17) is 19.2 Å². The lowest BCUT2D eigenvalue weighted by Gasteiger charge is -2.32. The number of likely N-dealkylation sites (N-methyl/N-ethyl adjacent to an activating group) is 1. The summed E-state index contributed by atoms with van der Waals surface area (Å²) >= 11 is 1.14. The molecule has 3 N–H and O–H groups in total. The number of benzene rings is 1. The Labute approximate surface area is 260 Å². The zero-order chi connectivity index (χ0) is 31.6. The van der Waals surface area contributed by atoms with Crippen LogP contribution >= 0.6 is 11.3 Å². The maximum absolute atomic E-state index is 16.3. The monoisotopic (exact) mass is 626 g/mol. The Balaban J connectivity index is 1.51. The highest BCUT2D eigenvalue weighted by Gasteiger charge is 2.37. The Morgan fingerprint density at radius 2 is 1.91 bits per heavy atom. The van der Waals surface area contributed by atoms with Crippen molar-refractivity contribution in [2.75, 3.05) is 31.9 Å². The van der Waals surface area contributed by atoms with E-state index in [1.54, 1.807) is 52.0 Å². The van der Waals surface area contributed by atoms with Crippen molar-refractivity contribution >= 4 is 34.3 Å². The molecule has 1 aliphatic heterocycles. The second-order valence-electron chi connectivity index (χ2n) is 11.9. The van der Waals surface area contributed by atoms with E-state index >= 15 is 4.39 Å². The summed E-state index contributed by atoms with van der Waals surface area (Å²) in [7, 11) is 5.02. The predicted octanol–water partition coefficient (Wildman–Crippen LogP) is 5.81. The number of carbonyl (C=O) groups excluding carboxylic acids is 2. The van der Waals surface area contributed by atoms with Crippen LogP contribution in [-0.4, -0.2) is 65.8 Å². The molecular formula is C31H39FN6O5S. The summed E-state index contributed by atoms with van der Waals surface area (Å²) < 4.78 is 32.5. The van der Waals surface area contributed by atoms with Gasteiger partial charge >= 0.3 is 6.09 Å². The molecule has 2 aliphatic rings. The number of amides is 2. The van der Waals surface area contributed by atoms with Gasteiger partial charge in [0.1, 0.15) is 17.1 Å². The average molecular weight is 627 g/mol. The number of nitrogens with zero attached hydrogens (tertiary/aromatic N) is 3. The third kappa shape index (κ3) is 6.73. The van der Waals surface area contributed by atoms with E-state index in [9.17, 15) is 9.59 Å². The second-order valence-corrected chi connectivity index (χ2v) is 12.9. The van der Waals surface area contributed by atoms with Crippen molar-refractivity contribution in [1.82, 2.24) is 20.2 Å². The van der Waals surface area contributed by atoms with E-state index < -0.39 is 17.5 Å². The Kier molecular flexibility index (Phi) is 9.26. The molecule has 236 valence electrons. The summed E-state index contributed by atoms with van der Waals surface area (Å²) in [5, 5.41) is 9.59. The van der Waals surface area contributed by atoms with Gasteiger partial charge in [-0.25, -0.2) is 19.2 Å². The maximum atomic E-state index is 16.3. The van der Waals surface area contributed by atoms with Gasteiger partial charge in [0.05, 0.1) is 36.9 Å². The molecule has 13 heteroatoms. The van der Waals surface area contributed by atoms with Gasteiger partial charge in [-0.05, 0) is 52.8 Å². The number of thiazole rings is 1. The predicted molar refractivity (Wildman–Crippen MR) is 167 cm³/mol. The minimum Gasteiger partial charge on any atom is -0.497 e. The number of aromatic nitrogens is 2. The summed E-state index contributed by atoms with van der Waals surface area (Å²) in [5.41, 5.74) is 0.827. The minimum absolute atomic E-state index is 0.0238. The molecule has 11 nitrogen and oxygen atoms in total. The summed E-state index contributed by atoms with van der Waals surface area (Å²) in [5.74, 6) is 0.381. The molecule has 44 heavy (non-hydrogen) atoms. The van der Waals surface area contributed by atoms with Gasteiger partial charge in [0, 0.05) is 42.0 Å². The lowest BCUT2D eigenvalue weighted by Crippen LogP contribution is -2.45. The highest BCUT2D eigenvalue weighted by atomic mass is 32.1. The van der Waals surface area contributed by atoms with Crippen LogP contribution in [0.3, 0.4) is 0 Å². The first-order chi connectivity index (χ1) is 21.0. The molecule has 2 atom stereocenters. The first-order valence-corrected chi connectivity index (χ1v) is 15.5. The highest BCUT2D eigenvalue weighted by molar-refractivity contribution is 7.19. The molecule has 0 radical (unpaired) electrons. The van der Waals surface area contributed by atoms with Gasteiger partial charge in [0.15, 0.2) is 16.8 Å². The third-order valence-corrected chi connectivity index (χ3v) is 8.67. The van der Waals surface area contributed by atoms with Crippen LogP contribution < -0.4 is 25.4 Å². The standard InChI is InChI=1S/C31H39FN6O5S/c1-31(2,3)43-30(40)37-29-34-14-23(44-29)26-24-19(25(32)27(36-26)35-21-10-8-7-9-20(21)33-4)16-38(28(24)39)15-17-11-12-18(41-5)13-22(17)42-6/h11-14,20-21,33H,7-10,15-16H2,1-6H3,(H,35,36)(H,34,37,40). The number of halogens is 1. The minimum atomic E-state index is -0.684. The molecule has 5 rings (SSSR count). The number of nitrogens with one attached hydrogen (secondary N) is 3. The van der Waals surface area contributed by atoms with Crippen LogP contribution in [0, 0.1) is 5.82 Å². The fraction of sp³-hybridized carbons (Fsp3) is 0.484. The van der Waals surface area contributed by atoms with Crippen LogP contribution in [0.2, 0.25) is 0 Å². The van der Waals surface area contributed by atoms with Crippen LogP contribution in [-0.2, 0) is 17.8 Å². The summed E-state index contributed by atoms with van der Waals surface area (Å²) in [6.07, 6.45) is 4.84. The lowest BCUT2D eigenvalue weighted by atomic mass is 9.90. The number of carbonyl (C=O) groups is 2. The molecule has 1 saturated carbocycles. The van der Waals surface area contributed by atoms with E-state index in [0.29, 0.717) is 22.1 Å². The number of methoxy groups -OCH3 is 2. The zero-order valence-corrected chi connectivity index (χ0v) is 26.7. The molecule has 3 heterocycles. The van der Waals surface area contributed by atoms with E-state index in [1.807, 2.05) is 13.1 Å². The molecule has 1 aliphatic carbocycles. The van der Waals surface area contributed by atoms with E-state index in [1.165, 1.54) is 6.20 Å². The quantitative estimate of drug-likeness (QED) is 0.270. The van der Waals surface area contributed by atoms with Crippen molar-refractivity contribution in [3.05, 3.63) is 46.9 Å². The van der Waals surface area contributed by atoms with Crippen molar-refractivity contribution in [2.24, 2.45) is 0 Å². The Morgan fingerprint density at radius 1 is 1.16 bits per heavy atom. The molecular weight excluding hydrogens is 587 g/mol. The molecule has 1 fully saturated rings. The Morgan fingerprint density at radius 3 is 2.59 bits per heavy atom. The maximum Gasteiger partial charge on any atom is 0.413 e. The third-order valence-electron chi connectivity index (χ3n) is 7.75. The number of rotatable bonds is 9. The van der Waals surface area contributed by atoms with Gasteiger partial charge in [-0.3, -0.25) is 10.1 Å². The molecule has 0 bridgehead atoms. The average Bonchev–Trinajstić information content (AvgIpc) is 3.58. The zero-order valence-electron chi connectivity index (χ0n) is 25.9. The van der Waals surface area contributed by atoms with Crippen LogP contribution in [0.4, 0.5) is 20.1 Å². The van der Waals surface area contributed by atoms with E-state index in [-0.39, 0.29) is 53.2 Å². The van der Waals surface area contributed by atoms with Crippen LogP contribution in [0.1, 0.15) is 67.9 Å². The summed E-state index contributed by atoms with van der Waals surface area (Å²) in [6.45, 7) is 5.56. The van der Waals surface area contributed by atoms with Crippen LogP contribution in [0.15, 0.2) is 24.4 Å². The van der Waals surface area contributed by atoms with Crippen LogP contribution in [0.5, 0.6) is 11.5 Å². The Hall–Kier alpha value is -3.97. The van der Waals surface area contributed by atoms with Gasteiger partial charge in [0.25, 0.3) is 5.91 Å². The van der Waals surface area contributed by atoms with Gasteiger partial charge in [-0.1, -0.05) is 24.2 Å². The fourth-order valence-electron chi connectivity index (χ4n) is 5.66. The summed E-state index contributed by atoms with van der Waals surface area (Å²) in [4.78, 5) is 37.4. The number of hydrogen-bond donors (Lipinski definition) is 3. The van der Waals surface area contributed by atoms with E-state index in [0.717, 1.165) is 42.6 Å². The number of hydrogen-bond acceptors (Lipinski definition) is 10. The van der Waals surface area contributed by atoms with E-state index in [2.05, 4.69) is 20.9 Å². The highest BCUT2D eigenvalue weighted by Crippen LogP contribution is 2.40.